The van der Waals surface area contributed by atoms with Crippen LogP contribution in [-0.4, -0.2) is 6.54 Å². The van der Waals surface area contributed by atoms with E-state index in [0.717, 1.165) is 28.7 Å². The summed E-state index contributed by atoms with van der Waals surface area (Å²) in [5.74, 6) is 0. The summed E-state index contributed by atoms with van der Waals surface area (Å²) in [6.45, 7) is 4.06. The Morgan fingerprint density at radius 2 is 1.40 bits per heavy atom. The lowest BCUT2D eigenvalue weighted by Crippen LogP contribution is -2.15. The first-order valence-corrected chi connectivity index (χ1v) is 8.65. The smallest absolute Gasteiger partial charge is 0.0465 e. The molecule has 0 saturated heterocycles. The molecule has 0 bridgehead atoms. The largest absolute Gasteiger partial charge is 0.313 e. The topological polar surface area (TPSA) is 12.0 Å². The van der Waals surface area contributed by atoms with Crippen LogP contribution in [0.4, 0.5) is 0 Å². The van der Waals surface area contributed by atoms with Crippen LogP contribution in [0.2, 0.25) is 10.0 Å². The molecule has 0 unspecified atom stereocenters. The molecule has 1 N–H and O–H groups in total. The first kappa shape index (κ1) is 17.8. The van der Waals surface area contributed by atoms with E-state index in [1.807, 2.05) is 18.2 Å². The summed E-state index contributed by atoms with van der Waals surface area (Å²) in [6.07, 6.45) is 10.8. The first-order valence-electron chi connectivity index (χ1n) is 7.89. The maximum atomic E-state index is 6.13. The van der Waals surface area contributed by atoms with Gasteiger partial charge in [0, 0.05) is 22.2 Å². The average molecular weight is 316 g/mol. The summed E-state index contributed by atoms with van der Waals surface area (Å²) >= 11 is 12.3. The zero-order chi connectivity index (χ0) is 14.6. The Labute approximate surface area is 134 Å². The molecule has 0 aliphatic heterocycles. The lowest BCUT2D eigenvalue weighted by Gasteiger charge is -2.08. The SMILES string of the molecule is CCCCCCCCCCNCc1c(Cl)cccc1Cl. The van der Waals surface area contributed by atoms with Crippen LogP contribution in [0.25, 0.3) is 0 Å². The Morgan fingerprint density at radius 1 is 0.850 bits per heavy atom. The minimum Gasteiger partial charge on any atom is -0.313 e. The minimum atomic E-state index is 0.751. The lowest BCUT2D eigenvalue weighted by molar-refractivity contribution is 0.555. The molecule has 0 atom stereocenters. The fourth-order valence-corrected chi connectivity index (χ4v) is 2.83. The Balaban J connectivity index is 2.00. The standard InChI is InChI=1S/C17H27Cl2N/c1-2-3-4-5-6-7-8-9-13-20-14-15-16(18)11-10-12-17(15)19/h10-12,20H,2-9,13-14H2,1H3. The van der Waals surface area contributed by atoms with E-state index in [1.165, 1.54) is 51.4 Å². The average Bonchev–Trinajstić information content (AvgIpc) is 2.43. The molecular formula is C17H27Cl2N. The Bertz CT molecular complexity index is 346. The predicted octanol–water partition coefficient (Wildman–Crippen LogP) is 6.22. The second-order valence-electron chi connectivity index (χ2n) is 5.35. The molecule has 0 aliphatic carbocycles. The second kappa shape index (κ2) is 11.4. The summed E-state index contributed by atoms with van der Waals surface area (Å²) in [4.78, 5) is 0. The van der Waals surface area contributed by atoms with Gasteiger partial charge >= 0.3 is 0 Å². The predicted molar refractivity (Wildman–Crippen MR) is 90.8 cm³/mol. The van der Waals surface area contributed by atoms with Gasteiger partial charge in [0.15, 0.2) is 0 Å². The monoisotopic (exact) mass is 315 g/mol. The van der Waals surface area contributed by atoms with Gasteiger partial charge in [-0.25, -0.2) is 0 Å². The summed E-state index contributed by atoms with van der Waals surface area (Å²) in [7, 11) is 0. The molecule has 0 saturated carbocycles. The molecule has 1 nitrogen and oxygen atoms in total. The Morgan fingerprint density at radius 3 is 2.00 bits per heavy atom. The van der Waals surface area contributed by atoms with E-state index in [2.05, 4.69) is 12.2 Å². The molecule has 0 fully saturated rings. The summed E-state index contributed by atoms with van der Waals surface area (Å²) in [5, 5.41) is 4.93. The van der Waals surface area contributed by atoms with E-state index < -0.39 is 0 Å². The fraction of sp³-hybridized carbons (Fsp3) is 0.647. The third-order valence-electron chi connectivity index (χ3n) is 3.57. The molecule has 114 valence electrons. The number of hydrogen-bond acceptors (Lipinski definition) is 1. The first-order chi connectivity index (χ1) is 9.75. The van der Waals surface area contributed by atoms with Gasteiger partial charge in [-0.3, -0.25) is 0 Å². The number of benzene rings is 1. The van der Waals surface area contributed by atoms with Crippen molar-refractivity contribution in [1.29, 1.82) is 0 Å². The Kier molecular flexibility index (Phi) is 10.2. The van der Waals surface area contributed by atoms with Crippen molar-refractivity contribution < 1.29 is 0 Å². The van der Waals surface area contributed by atoms with Crippen molar-refractivity contribution in [2.24, 2.45) is 0 Å². The van der Waals surface area contributed by atoms with Crippen molar-refractivity contribution in [2.75, 3.05) is 6.54 Å². The van der Waals surface area contributed by atoms with Crippen molar-refractivity contribution >= 4 is 23.2 Å². The van der Waals surface area contributed by atoms with Gasteiger partial charge in [-0.1, -0.05) is 81.1 Å². The van der Waals surface area contributed by atoms with Crippen LogP contribution < -0.4 is 5.32 Å². The number of rotatable bonds is 11. The van der Waals surface area contributed by atoms with Crippen molar-refractivity contribution in [2.45, 2.75) is 64.8 Å². The van der Waals surface area contributed by atoms with Gasteiger partial charge in [0.05, 0.1) is 0 Å². The van der Waals surface area contributed by atoms with Gasteiger partial charge in [-0.05, 0) is 25.1 Å². The van der Waals surface area contributed by atoms with E-state index >= 15 is 0 Å². The minimum absolute atomic E-state index is 0.751. The molecule has 0 aromatic heterocycles. The molecule has 1 aromatic carbocycles. The highest BCUT2D eigenvalue weighted by Gasteiger charge is 2.03. The highest BCUT2D eigenvalue weighted by atomic mass is 35.5. The molecule has 1 aromatic rings. The molecule has 0 radical (unpaired) electrons. The van der Waals surface area contributed by atoms with Crippen molar-refractivity contribution in [1.82, 2.24) is 5.32 Å². The zero-order valence-electron chi connectivity index (χ0n) is 12.6. The summed E-state index contributed by atoms with van der Waals surface area (Å²) in [6, 6.07) is 5.66. The van der Waals surface area contributed by atoms with Crippen molar-refractivity contribution in [3.05, 3.63) is 33.8 Å². The molecule has 0 aliphatic rings. The van der Waals surface area contributed by atoms with E-state index in [-0.39, 0.29) is 0 Å². The molecule has 20 heavy (non-hydrogen) atoms. The van der Waals surface area contributed by atoms with Crippen LogP contribution in [-0.2, 0) is 6.54 Å². The Hall–Kier alpha value is -0.240. The molecule has 0 amide bonds. The van der Waals surface area contributed by atoms with Gasteiger partial charge in [0.25, 0.3) is 0 Å². The summed E-state index contributed by atoms with van der Waals surface area (Å²) < 4.78 is 0. The molecule has 3 heteroatoms. The van der Waals surface area contributed by atoms with Gasteiger partial charge in [-0.15, -0.1) is 0 Å². The zero-order valence-corrected chi connectivity index (χ0v) is 14.1. The van der Waals surface area contributed by atoms with Gasteiger partial charge in [0.1, 0.15) is 0 Å². The van der Waals surface area contributed by atoms with Gasteiger partial charge in [0.2, 0.25) is 0 Å². The third-order valence-corrected chi connectivity index (χ3v) is 4.28. The van der Waals surface area contributed by atoms with Crippen LogP contribution >= 0.6 is 23.2 Å². The van der Waals surface area contributed by atoms with Gasteiger partial charge < -0.3 is 5.32 Å². The van der Waals surface area contributed by atoms with Gasteiger partial charge in [-0.2, -0.15) is 0 Å². The fourth-order valence-electron chi connectivity index (χ4n) is 2.30. The maximum absolute atomic E-state index is 6.13. The number of halogens is 2. The molecule has 0 heterocycles. The van der Waals surface area contributed by atoms with Crippen LogP contribution in [0.5, 0.6) is 0 Å². The highest BCUT2D eigenvalue weighted by molar-refractivity contribution is 6.35. The normalized spacial score (nSPS) is 10.9. The third kappa shape index (κ3) is 7.52. The molecular weight excluding hydrogens is 289 g/mol. The number of hydrogen-bond donors (Lipinski definition) is 1. The highest BCUT2D eigenvalue weighted by Crippen LogP contribution is 2.23. The lowest BCUT2D eigenvalue weighted by atomic mass is 10.1. The van der Waals surface area contributed by atoms with E-state index in [9.17, 15) is 0 Å². The van der Waals surface area contributed by atoms with Crippen LogP contribution in [0, 0.1) is 0 Å². The van der Waals surface area contributed by atoms with Crippen LogP contribution in [0.1, 0.15) is 63.9 Å². The number of unbranched alkanes of at least 4 members (excludes halogenated alkanes) is 7. The van der Waals surface area contributed by atoms with E-state index in [1.54, 1.807) is 0 Å². The van der Waals surface area contributed by atoms with Crippen molar-refractivity contribution in [3.63, 3.8) is 0 Å². The van der Waals surface area contributed by atoms with Crippen LogP contribution in [0.3, 0.4) is 0 Å². The molecule has 1 rings (SSSR count). The molecule has 0 spiro atoms. The maximum Gasteiger partial charge on any atom is 0.0465 e. The summed E-state index contributed by atoms with van der Waals surface area (Å²) in [5.41, 5.74) is 1.01. The van der Waals surface area contributed by atoms with E-state index in [0.29, 0.717) is 0 Å². The van der Waals surface area contributed by atoms with E-state index in [4.69, 9.17) is 23.2 Å². The number of nitrogens with one attached hydrogen (secondary N) is 1. The second-order valence-corrected chi connectivity index (χ2v) is 6.17. The van der Waals surface area contributed by atoms with Crippen molar-refractivity contribution in [3.8, 4) is 0 Å². The quantitative estimate of drug-likeness (QED) is 0.478. The van der Waals surface area contributed by atoms with Crippen LogP contribution in [0.15, 0.2) is 18.2 Å².